The summed E-state index contributed by atoms with van der Waals surface area (Å²) in [6, 6.07) is 19.6. The molecule has 0 aliphatic carbocycles. The molecule has 3 aromatic rings. The van der Waals surface area contributed by atoms with Crippen LogP contribution >= 0.6 is 0 Å². The van der Waals surface area contributed by atoms with Crippen LogP contribution in [0.1, 0.15) is 35.9 Å². The first-order valence-electron chi connectivity index (χ1n) is 10.1. The van der Waals surface area contributed by atoms with E-state index in [0.717, 1.165) is 11.4 Å². The van der Waals surface area contributed by atoms with E-state index in [9.17, 15) is 9.59 Å². The predicted octanol–water partition coefficient (Wildman–Crippen LogP) is 4.02. The summed E-state index contributed by atoms with van der Waals surface area (Å²) in [5, 5.41) is 8.79. The van der Waals surface area contributed by atoms with Gasteiger partial charge in [-0.1, -0.05) is 6.07 Å². The Kier molecular flexibility index (Phi) is 7.73. The number of nitrogens with one attached hydrogen (secondary N) is 3. The van der Waals surface area contributed by atoms with Crippen LogP contribution in [0, 0.1) is 0 Å². The number of nitrogens with zero attached hydrogens (tertiary/aromatic N) is 1. The summed E-state index contributed by atoms with van der Waals surface area (Å²) in [7, 11) is 0. The summed E-state index contributed by atoms with van der Waals surface area (Å²) < 4.78 is 5.39. The number of ether oxygens (including phenoxy) is 1. The molecule has 0 saturated carbocycles. The van der Waals surface area contributed by atoms with Gasteiger partial charge in [0, 0.05) is 29.2 Å². The standard InChI is InChI=1S/C24H26N4O3/c1-3-31-21-13-11-20(12-14-21)28-24(30)18-7-9-19(10-8-18)27-23(29)16-26-17(2)22-6-4-5-15-25-22/h4-15,17,26H,3,16H2,1-2H3,(H,27,29)(H,28,30). The number of carbonyl (C=O) groups excluding carboxylic acids is 2. The third kappa shape index (κ3) is 6.65. The third-order valence-electron chi connectivity index (χ3n) is 4.55. The van der Waals surface area contributed by atoms with Crippen molar-refractivity contribution in [1.29, 1.82) is 0 Å². The van der Waals surface area contributed by atoms with Crippen LogP contribution < -0.4 is 20.7 Å². The molecule has 3 N–H and O–H groups in total. The Bertz CT molecular complexity index is 990. The molecule has 1 aromatic heterocycles. The molecule has 31 heavy (non-hydrogen) atoms. The van der Waals surface area contributed by atoms with Gasteiger partial charge in [-0.3, -0.25) is 14.6 Å². The fourth-order valence-electron chi connectivity index (χ4n) is 2.90. The highest BCUT2D eigenvalue weighted by atomic mass is 16.5. The van der Waals surface area contributed by atoms with Gasteiger partial charge in [-0.2, -0.15) is 0 Å². The number of pyridine rings is 1. The van der Waals surface area contributed by atoms with Crippen molar-refractivity contribution in [2.75, 3.05) is 23.8 Å². The van der Waals surface area contributed by atoms with E-state index in [1.165, 1.54) is 0 Å². The summed E-state index contributed by atoms with van der Waals surface area (Å²) in [5.74, 6) is 0.353. The Balaban J connectivity index is 1.48. The van der Waals surface area contributed by atoms with Crippen LogP contribution in [-0.2, 0) is 4.79 Å². The Morgan fingerprint density at radius 2 is 1.61 bits per heavy atom. The average Bonchev–Trinajstić information content (AvgIpc) is 2.80. The molecule has 2 amide bonds. The molecule has 0 fully saturated rings. The summed E-state index contributed by atoms with van der Waals surface area (Å²) in [6.07, 6.45) is 1.72. The third-order valence-corrected chi connectivity index (χ3v) is 4.55. The maximum atomic E-state index is 12.4. The monoisotopic (exact) mass is 418 g/mol. The number of amides is 2. The largest absolute Gasteiger partial charge is 0.494 e. The zero-order chi connectivity index (χ0) is 22.1. The first-order chi connectivity index (χ1) is 15.0. The van der Waals surface area contributed by atoms with Crippen molar-refractivity contribution in [3.63, 3.8) is 0 Å². The molecule has 0 saturated heterocycles. The zero-order valence-corrected chi connectivity index (χ0v) is 17.6. The Morgan fingerprint density at radius 1 is 0.935 bits per heavy atom. The molecule has 0 radical (unpaired) electrons. The number of aromatic nitrogens is 1. The fraction of sp³-hybridized carbons (Fsp3) is 0.208. The van der Waals surface area contributed by atoms with Gasteiger partial charge in [0.1, 0.15) is 5.75 Å². The normalized spacial score (nSPS) is 11.4. The molecule has 0 bridgehead atoms. The molecule has 0 aliphatic rings. The molecule has 160 valence electrons. The molecular formula is C24H26N4O3. The highest BCUT2D eigenvalue weighted by Crippen LogP contribution is 2.17. The predicted molar refractivity (Wildman–Crippen MR) is 121 cm³/mol. The van der Waals surface area contributed by atoms with Crippen molar-refractivity contribution in [3.05, 3.63) is 84.2 Å². The molecule has 7 nitrogen and oxygen atoms in total. The van der Waals surface area contributed by atoms with Crippen LogP contribution in [0.25, 0.3) is 0 Å². The molecular weight excluding hydrogens is 392 g/mol. The lowest BCUT2D eigenvalue weighted by Crippen LogP contribution is -2.30. The smallest absolute Gasteiger partial charge is 0.255 e. The SMILES string of the molecule is CCOc1ccc(NC(=O)c2ccc(NC(=O)CNC(C)c3ccccn3)cc2)cc1. The number of anilines is 2. The van der Waals surface area contributed by atoms with Gasteiger partial charge in [-0.15, -0.1) is 0 Å². The molecule has 3 rings (SSSR count). The van der Waals surface area contributed by atoms with Gasteiger partial charge in [-0.05, 0) is 74.5 Å². The van der Waals surface area contributed by atoms with Crippen molar-refractivity contribution in [1.82, 2.24) is 10.3 Å². The van der Waals surface area contributed by atoms with Crippen molar-refractivity contribution in [2.45, 2.75) is 19.9 Å². The van der Waals surface area contributed by atoms with Crippen LogP contribution in [0.5, 0.6) is 5.75 Å². The van der Waals surface area contributed by atoms with Gasteiger partial charge in [0.2, 0.25) is 5.91 Å². The summed E-state index contributed by atoms with van der Waals surface area (Å²) in [6.45, 7) is 4.61. The van der Waals surface area contributed by atoms with Gasteiger partial charge in [-0.25, -0.2) is 0 Å². The highest BCUT2D eigenvalue weighted by Gasteiger charge is 2.10. The summed E-state index contributed by atoms with van der Waals surface area (Å²) in [5.41, 5.74) is 2.67. The molecule has 1 unspecified atom stereocenters. The maximum Gasteiger partial charge on any atom is 0.255 e. The number of benzene rings is 2. The maximum absolute atomic E-state index is 12.4. The van der Waals surface area contributed by atoms with Gasteiger partial charge < -0.3 is 20.7 Å². The number of hydrogen-bond donors (Lipinski definition) is 3. The van der Waals surface area contributed by atoms with E-state index < -0.39 is 0 Å². The van der Waals surface area contributed by atoms with Crippen LogP contribution in [0.3, 0.4) is 0 Å². The minimum atomic E-state index is -0.229. The summed E-state index contributed by atoms with van der Waals surface area (Å²) >= 11 is 0. The average molecular weight is 418 g/mol. The van der Waals surface area contributed by atoms with Gasteiger partial charge in [0.05, 0.1) is 18.8 Å². The lowest BCUT2D eigenvalue weighted by molar-refractivity contribution is -0.115. The Morgan fingerprint density at radius 3 is 2.26 bits per heavy atom. The molecule has 7 heteroatoms. The van der Waals surface area contributed by atoms with Crippen LogP contribution in [0.4, 0.5) is 11.4 Å². The molecule has 0 spiro atoms. The first kappa shape index (κ1) is 22.0. The van der Waals surface area contributed by atoms with Crippen LogP contribution in [0.15, 0.2) is 72.9 Å². The Labute approximate surface area is 181 Å². The van der Waals surface area contributed by atoms with E-state index in [0.29, 0.717) is 23.5 Å². The molecule has 1 atom stereocenters. The molecule has 1 heterocycles. The first-order valence-corrected chi connectivity index (χ1v) is 10.1. The lowest BCUT2D eigenvalue weighted by atomic mass is 10.2. The fourth-order valence-corrected chi connectivity index (χ4v) is 2.90. The van der Waals surface area contributed by atoms with Crippen molar-refractivity contribution >= 4 is 23.2 Å². The van der Waals surface area contributed by atoms with Crippen LogP contribution in [-0.4, -0.2) is 29.9 Å². The van der Waals surface area contributed by atoms with E-state index in [-0.39, 0.29) is 24.4 Å². The summed E-state index contributed by atoms with van der Waals surface area (Å²) in [4.78, 5) is 28.9. The second-order valence-corrected chi connectivity index (χ2v) is 6.89. The topological polar surface area (TPSA) is 92.4 Å². The van der Waals surface area contributed by atoms with E-state index in [2.05, 4.69) is 20.9 Å². The minimum absolute atomic E-state index is 0.0411. The van der Waals surface area contributed by atoms with Gasteiger partial charge in [0.25, 0.3) is 5.91 Å². The van der Waals surface area contributed by atoms with Crippen LogP contribution in [0.2, 0.25) is 0 Å². The number of hydrogen-bond acceptors (Lipinski definition) is 5. The quantitative estimate of drug-likeness (QED) is 0.488. The highest BCUT2D eigenvalue weighted by molar-refractivity contribution is 6.04. The molecule has 2 aromatic carbocycles. The lowest BCUT2D eigenvalue weighted by Gasteiger charge is -2.13. The van der Waals surface area contributed by atoms with Gasteiger partial charge in [0.15, 0.2) is 0 Å². The second-order valence-electron chi connectivity index (χ2n) is 6.89. The number of carbonyl (C=O) groups is 2. The van der Waals surface area contributed by atoms with E-state index in [4.69, 9.17) is 4.74 Å². The Hall–Kier alpha value is -3.71. The minimum Gasteiger partial charge on any atom is -0.494 e. The van der Waals surface area contributed by atoms with E-state index in [1.807, 2.05) is 32.0 Å². The number of rotatable bonds is 9. The van der Waals surface area contributed by atoms with Gasteiger partial charge >= 0.3 is 0 Å². The molecule has 0 aliphatic heterocycles. The van der Waals surface area contributed by atoms with E-state index in [1.54, 1.807) is 54.7 Å². The zero-order valence-electron chi connectivity index (χ0n) is 17.6. The van der Waals surface area contributed by atoms with E-state index >= 15 is 0 Å². The van der Waals surface area contributed by atoms with Crippen molar-refractivity contribution in [3.8, 4) is 5.75 Å². The van der Waals surface area contributed by atoms with Crippen molar-refractivity contribution in [2.24, 2.45) is 0 Å². The second kappa shape index (κ2) is 10.9. The van der Waals surface area contributed by atoms with Crippen molar-refractivity contribution < 1.29 is 14.3 Å².